The lowest BCUT2D eigenvalue weighted by Gasteiger charge is -2.49. The van der Waals surface area contributed by atoms with E-state index in [1.807, 2.05) is 26.0 Å². The fourth-order valence-corrected chi connectivity index (χ4v) is 7.11. The topological polar surface area (TPSA) is 88.1 Å². The maximum Gasteiger partial charge on any atom is 0.163 e. The summed E-state index contributed by atoms with van der Waals surface area (Å²) in [7, 11) is 0. The van der Waals surface area contributed by atoms with Crippen molar-refractivity contribution in [2.45, 2.75) is 63.6 Å². The van der Waals surface area contributed by atoms with Crippen molar-refractivity contribution in [1.29, 1.82) is 0 Å². The molecule has 3 aliphatic rings. The number of ether oxygens (including phenoxy) is 2. The van der Waals surface area contributed by atoms with Crippen LogP contribution in [-0.2, 0) is 15.9 Å². The normalized spacial score (nSPS) is 31.3. The Morgan fingerprint density at radius 3 is 2.80 bits per heavy atom. The molecule has 35 heavy (non-hydrogen) atoms. The average molecular weight is 490 g/mol. The molecule has 2 aliphatic carbocycles. The third-order valence-corrected chi connectivity index (χ3v) is 8.46. The van der Waals surface area contributed by atoms with Gasteiger partial charge in [0, 0.05) is 23.2 Å². The number of aromatic nitrogens is 4. The van der Waals surface area contributed by atoms with E-state index >= 15 is 0 Å². The highest BCUT2D eigenvalue weighted by molar-refractivity contribution is 6.31. The van der Waals surface area contributed by atoms with E-state index in [1.165, 1.54) is 11.9 Å². The van der Waals surface area contributed by atoms with Crippen molar-refractivity contribution in [3.8, 4) is 0 Å². The fourth-order valence-electron chi connectivity index (χ4n) is 6.94. The second kappa shape index (κ2) is 7.38. The second-order valence-electron chi connectivity index (χ2n) is 11.0. The molecular formula is C27H28ClN5O2. The molecule has 0 bridgehead atoms. The van der Waals surface area contributed by atoms with E-state index in [2.05, 4.69) is 43.9 Å². The number of rotatable bonds is 3. The minimum atomic E-state index is -0.589. The summed E-state index contributed by atoms with van der Waals surface area (Å²) in [5.41, 5.74) is 9.42. The molecule has 3 atom stereocenters. The number of fused-ring (bicyclic) bond motifs is 4. The lowest BCUT2D eigenvalue weighted by atomic mass is 9.58. The summed E-state index contributed by atoms with van der Waals surface area (Å²) in [6, 6.07) is 10.7. The first-order chi connectivity index (χ1) is 16.8. The van der Waals surface area contributed by atoms with Gasteiger partial charge in [-0.25, -0.2) is 9.97 Å². The molecule has 1 aromatic carbocycles. The maximum atomic E-state index is 6.55. The largest absolute Gasteiger partial charge is 0.383 e. The van der Waals surface area contributed by atoms with Crippen molar-refractivity contribution >= 4 is 39.4 Å². The Labute approximate surface area is 208 Å². The van der Waals surface area contributed by atoms with Crippen LogP contribution in [0.15, 0.2) is 49.1 Å². The van der Waals surface area contributed by atoms with Crippen LogP contribution in [0.4, 0.5) is 5.82 Å². The molecule has 0 unspecified atom stereocenters. The Morgan fingerprint density at radius 1 is 1.09 bits per heavy atom. The molecule has 4 aromatic rings. The summed E-state index contributed by atoms with van der Waals surface area (Å²) in [5.74, 6) is 0.539. The highest BCUT2D eigenvalue weighted by atomic mass is 35.5. The standard InChI is InChI=1S/C27H28ClN5O2/c1-26(2)34-22-21(33-6-5-19-24(29)31-14-32-25(19)33)12-27(23(22)35-26)10-16(11-27)7-15-3-4-17-9-18(28)13-30-20(17)8-15/h3-6,8-9,13-14,16,21-23H,7,10-12H2,1-2H3,(H2,29,31,32)/t16?,21-,22+,23+,27?/m1/s1. The van der Waals surface area contributed by atoms with Gasteiger partial charge in [-0.15, -0.1) is 0 Å². The van der Waals surface area contributed by atoms with E-state index < -0.39 is 5.79 Å². The van der Waals surface area contributed by atoms with Gasteiger partial charge in [-0.05, 0) is 69.2 Å². The van der Waals surface area contributed by atoms with Gasteiger partial charge in [0.25, 0.3) is 0 Å². The number of benzene rings is 1. The third-order valence-electron chi connectivity index (χ3n) is 8.25. The molecule has 0 amide bonds. The first-order valence-electron chi connectivity index (χ1n) is 12.3. The van der Waals surface area contributed by atoms with Crippen molar-refractivity contribution in [3.63, 3.8) is 0 Å². The first kappa shape index (κ1) is 21.5. The van der Waals surface area contributed by atoms with E-state index in [-0.39, 0.29) is 23.7 Å². The van der Waals surface area contributed by atoms with Crippen molar-refractivity contribution in [2.75, 3.05) is 5.73 Å². The summed E-state index contributed by atoms with van der Waals surface area (Å²) >= 11 is 6.10. The molecule has 0 radical (unpaired) electrons. The number of nitrogens with zero attached hydrogens (tertiary/aromatic N) is 4. The number of hydrogen-bond acceptors (Lipinski definition) is 6. The number of anilines is 1. The molecule has 7 rings (SSSR count). The van der Waals surface area contributed by atoms with Gasteiger partial charge in [0.1, 0.15) is 23.9 Å². The van der Waals surface area contributed by atoms with E-state index in [1.54, 1.807) is 6.20 Å². The molecule has 3 aromatic heterocycles. The van der Waals surface area contributed by atoms with Crippen LogP contribution >= 0.6 is 11.6 Å². The van der Waals surface area contributed by atoms with Gasteiger partial charge in [-0.3, -0.25) is 4.98 Å². The molecule has 8 heteroatoms. The molecule has 180 valence electrons. The number of halogens is 1. The molecule has 2 N–H and O–H groups in total. The predicted octanol–water partition coefficient (Wildman–Crippen LogP) is 5.32. The highest BCUT2D eigenvalue weighted by Gasteiger charge is 2.65. The Morgan fingerprint density at radius 2 is 1.94 bits per heavy atom. The zero-order valence-corrected chi connectivity index (χ0v) is 20.6. The van der Waals surface area contributed by atoms with E-state index in [9.17, 15) is 0 Å². The summed E-state index contributed by atoms with van der Waals surface area (Å²) < 4.78 is 15.3. The molecule has 4 heterocycles. The third kappa shape index (κ3) is 3.36. The van der Waals surface area contributed by atoms with Gasteiger partial charge in [0.2, 0.25) is 0 Å². The van der Waals surface area contributed by atoms with Crippen molar-refractivity contribution < 1.29 is 9.47 Å². The van der Waals surface area contributed by atoms with Crippen molar-refractivity contribution in [1.82, 2.24) is 19.5 Å². The Kier molecular flexibility index (Phi) is 4.54. The van der Waals surface area contributed by atoms with Crippen LogP contribution in [0.1, 0.15) is 44.7 Å². The second-order valence-corrected chi connectivity index (χ2v) is 11.5. The Hall–Kier alpha value is -2.74. The van der Waals surface area contributed by atoms with Crippen LogP contribution in [0, 0.1) is 11.3 Å². The molecule has 1 saturated heterocycles. The van der Waals surface area contributed by atoms with Crippen LogP contribution in [0.2, 0.25) is 5.02 Å². The SMILES string of the molecule is CC1(C)O[C@H]2[C@H](n3ccc4c(N)ncnc43)CC3(CC(Cc4ccc5cc(Cl)cnc5c4)C3)[C@H]2O1. The van der Waals surface area contributed by atoms with Crippen LogP contribution in [0.25, 0.3) is 21.9 Å². The monoisotopic (exact) mass is 489 g/mol. The van der Waals surface area contributed by atoms with Crippen LogP contribution < -0.4 is 5.73 Å². The number of nitrogens with two attached hydrogens (primary N) is 1. The molecule has 1 spiro atoms. The van der Waals surface area contributed by atoms with E-state index in [0.29, 0.717) is 16.8 Å². The van der Waals surface area contributed by atoms with Crippen LogP contribution in [0.5, 0.6) is 0 Å². The average Bonchev–Trinajstić information content (AvgIpc) is 3.44. The molecule has 2 saturated carbocycles. The van der Waals surface area contributed by atoms with Gasteiger partial charge in [0.15, 0.2) is 5.79 Å². The van der Waals surface area contributed by atoms with Crippen LogP contribution in [0.3, 0.4) is 0 Å². The van der Waals surface area contributed by atoms with E-state index in [0.717, 1.165) is 47.6 Å². The molecule has 3 fully saturated rings. The number of nitrogen functional groups attached to an aromatic ring is 1. The van der Waals surface area contributed by atoms with Gasteiger partial charge in [-0.2, -0.15) is 0 Å². The zero-order chi connectivity index (χ0) is 23.9. The zero-order valence-electron chi connectivity index (χ0n) is 19.8. The lowest BCUT2D eigenvalue weighted by molar-refractivity contribution is -0.181. The summed E-state index contributed by atoms with van der Waals surface area (Å²) in [4.78, 5) is 13.2. The quantitative estimate of drug-likeness (QED) is 0.419. The predicted molar refractivity (Wildman–Crippen MR) is 135 cm³/mol. The Bertz CT molecular complexity index is 1460. The summed E-state index contributed by atoms with van der Waals surface area (Å²) in [6.45, 7) is 4.04. The van der Waals surface area contributed by atoms with Gasteiger partial charge in [-0.1, -0.05) is 23.7 Å². The lowest BCUT2D eigenvalue weighted by Crippen LogP contribution is -2.46. The van der Waals surface area contributed by atoms with Gasteiger partial charge < -0.3 is 19.8 Å². The van der Waals surface area contributed by atoms with Crippen molar-refractivity contribution in [3.05, 3.63) is 59.6 Å². The minimum absolute atomic E-state index is 0.00708. The number of pyridine rings is 1. The van der Waals surface area contributed by atoms with E-state index in [4.69, 9.17) is 26.8 Å². The minimum Gasteiger partial charge on any atom is -0.383 e. The summed E-state index contributed by atoms with van der Waals surface area (Å²) in [6.07, 6.45) is 9.73. The fraction of sp³-hybridized carbons (Fsp3) is 0.444. The number of hydrogen-bond donors (Lipinski definition) is 1. The van der Waals surface area contributed by atoms with Crippen LogP contribution in [-0.4, -0.2) is 37.5 Å². The maximum absolute atomic E-state index is 6.55. The van der Waals surface area contributed by atoms with Gasteiger partial charge in [0.05, 0.1) is 28.1 Å². The highest BCUT2D eigenvalue weighted by Crippen LogP contribution is 2.64. The van der Waals surface area contributed by atoms with Gasteiger partial charge >= 0.3 is 0 Å². The molecular weight excluding hydrogens is 462 g/mol. The molecule has 7 nitrogen and oxygen atoms in total. The summed E-state index contributed by atoms with van der Waals surface area (Å²) in [5, 5.41) is 2.64. The molecule has 1 aliphatic heterocycles. The first-order valence-corrected chi connectivity index (χ1v) is 12.6. The van der Waals surface area contributed by atoms with Crippen molar-refractivity contribution in [2.24, 2.45) is 11.3 Å². The smallest absolute Gasteiger partial charge is 0.163 e. The Balaban J connectivity index is 1.15.